The van der Waals surface area contributed by atoms with E-state index in [0.29, 0.717) is 6.07 Å². The third kappa shape index (κ3) is 3.99. The van der Waals surface area contributed by atoms with Crippen molar-refractivity contribution in [1.29, 1.82) is 5.26 Å². The lowest BCUT2D eigenvalue weighted by atomic mass is 10.1. The number of amides is 1. The van der Waals surface area contributed by atoms with Crippen molar-refractivity contribution in [3.05, 3.63) is 29.8 Å². The molecule has 0 spiro atoms. The van der Waals surface area contributed by atoms with Crippen molar-refractivity contribution < 1.29 is 31.1 Å². The molecule has 1 amide bonds. The molecule has 0 heterocycles. The molecule has 1 aromatic carbocycles. The number of nitrogens with zero attached hydrogens (tertiary/aromatic N) is 1. The van der Waals surface area contributed by atoms with E-state index in [4.69, 9.17) is 10.00 Å². The normalized spacial score (nSPS) is 23.4. The quantitative estimate of drug-likeness (QED) is 0.775. The van der Waals surface area contributed by atoms with Crippen LogP contribution in [0.3, 0.4) is 0 Å². The van der Waals surface area contributed by atoms with Gasteiger partial charge in [-0.05, 0) is 25.0 Å². The molecule has 0 radical (unpaired) electrons. The van der Waals surface area contributed by atoms with Gasteiger partial charge in [-0.1, -0.05) is 12.1 Å². The summed E-state index contributed by atoms with van der Waals surface area (Å²) in [5.74, 6) is -1.41. The number of carbonyl (C=O) groups is 1. The number of carbonyl (C=O) groups excluding carboxylic acids is 1. The van der Waals surface area contributed by atoms with Crippen LogP contribution in [-0.4, -0.2) is 39.3 Å². The molecule has 1 saturated carbocycles. The summed E-state index contributed by atoms with van der Waals surface area (Å²) in [4.78, 5) is 11.3. The van der Waals surface area contributed by atoms with Crippen LogP contribution in [0.4, 0.5) is 13.2 Å². The van der Waals surface area contributed by atoms with Gasteiger partial charge in [-0.25, -0.2) is 8.42 Å². The summed E-state index contributed by atoms with van der Waals surface area (Å²) in [6.07, 6.45) is -5.85. The van der Waals surface area contributed by atoms with Crippen LogP contribution in [0.5, 0.6) is 0 Å². The molecule has 6 nitrogen and oxygen atoms in total. The van der Waals surface area contributed by atoms with E-state index in [9.17, 15) is 26.4 Å². The second kappa shape index (κ2) is 7.63. The largest absolute Gasteiger partial charge is 0.417 e. The Hall–Kier alpha value is -2.12. The molecule has 1 aromatic rings. The minimum absolute atomic E-state index is 0.102. The van der Waals surface area contributed by atoms with E-state index in [0.717, 1.165) is 12.1 Å². The lowest BCUT2D eigenvalue weighted by Gasteiger charge is -2.16. The molecule has 1 N–H and O–H groups in total. The maximum absolute atomic E-state index is 13.2. The molecule has 2 rings (SSSR count). The number of sulfone groups is 1. The number of rotatable bonds is 5. The monoisotopic (exact) mass is 390 g/mol. The number of hydrogen-bond donors (Lipinski definition) is 1. The van der Waals surface area contributed by atoms with Crippen molar-refractivity contribution in [2.75, 3.05) is 13.7 Å². The molecular weight excluding hydrogens is 373 g/mol. The summed E-state index contributed by atoms with van der Waals surface area (Å²) in [5.41, 5.74) is -1.23. The van der Waals surface area contributed by atoms with Crippen LogP contribution < -0.4 is 5.32 Å². The number of hydrogen-bond acceptors (Lipinski definition) is 5. The molecule has 1 aliphatic rings. The second-order valence-corrected chi connectivity index (χ2v) is 8.09. The van der Waals surface area contributed by atoms with Crippen LogP contribution >= 0.6 is 0 Å². The van der Waals surface area contributed by atoms with Gasteiger partial charge in [0.1, 0.15) is 6.54 Å². The molecule has 1 aliphatic carbocycles. The van der Waals surface area contributed by atoms with Crippen LogP contribution in [0.15, 0.2) is 29.2 Å². The van der Waals surface area contributed by atoms with Gasteiger partial charge >= 0.3 is 6.18 Å². The second-order valence-electron chi connectivity index (χ2n) is 5.89. The fourth-order valence-corrected chi connectivity index (χ4v) is 5.15. The van der Waals surface area contributed by atoms with E-state index in [-0.39, 0.29) is 19.4 Å². The molecule has 142 valence electrons. The van der Waals surface area contributed by atoms with Crippen molar-refractivity contribution in [2.24, 2.45) is 5.92 Å². The molecule has 0 aliphatic heterocycles. The number of methoxy groups -OCH3 is 1. The van der Waals surface area contributed by atoms with Gasteiger partial charge in [-0.15, -0.1) is 0 Å². The number of nitrogens with one attached hydrogen (secondary N) is 1. The van der Waals surface area contributed by atoms with E-state index in [1.165, 1.54) is 13.2 Å². The fourth-order valence-electron chi connectivity index (χ4n) is 3.13. The molecular formula is C16H17F3N2O4S. The van der Waals surface area contributed by atoms with Crippen molar-refractivity contribution in [3.8, 4) is 6.07 Å². The average Bonchev–Trinajstić information content (AvgIpc) is 3.04. The van der Waals surface area contributed by atoms with Gasteiger partial charge in [-0.3, -0.25) is 4.79 Å². The number of halogens is 3. The summed E-state index contributed by atoms with van der Waals surface area (Å²) < 4.78 is 70.3. The molecule has 1 fully saturated rings. The van der Waals surface area contributed by atoms with Gasteiger partial charge < -0.3 is 10.1 Å². The van der Waals surface area contributed by atoms with Gasteiger partial charge in [0.05, 0.1) is 33.8 Å². The number of benzene rings is 1. The highest BCUT2D eigenvalue weighted by Gasteiger charge is 2.47. The summed E-state index contributed by atoms with van der Waals surface area (Å²) in [6.45, 7) is -0.250. The Kier molecular flexibility index (Phi) is 5.93. The Morgan fingerprint density at radius 1 is 1.35 bits per heavy atom. The lowest BCUT2D eigenvalue weighted by molar-refractivity contribution is -0.139. The summed E-state index contributed by atoms with van der Waals surface area (Å²) >= 11 is 0. The maximum Gasteiger partial charge on any atom is 0.417 e. The van der Waals surface area contributed by atoms with E-state index in [1.807, 2.05) is 0 Å². The third-order valence-electron chi connectivity index (χ3n) is 4.38. The smallest absolute Gasteiger partial charge is 0.381 e. The molecule has 10 heteroatoms. The highest BCUT2D eigenvalue weighted by atomic mass is 32.2. The summed E-state index contributed by atoms with van der Waals surface area (Å²) in [5, 5.41) is 9.66. The highest BCUT2D eigenvalue weighted by molar-refractivity contribution is 7.92. The van der Waals surface area contributed by atoms with E-state index >= 15 is 0 Å². The third-order valence-corrected chi connectivity index (χ3v) is 6.61. The lowest BCUT2D eigenvalue weighted by Crippen LogP contribution is -2.35. The standard InChI is InChI=1S/C16H17F3N2O4S/c1-25-13-9-10(8-11(13)15(22)21-7-6-20)26(23,24)14-5-3-2-4-12(14)16(17,18)19/h2-5,10-11,13H,7-9H2,1H3,(H,21,22). The average molecular weight is 390 g/mol. The number of alkyl halides is 3. The molecule has 3 unspecified atom stereocenters. The number of ether oxygens (including phenoxy) is 1. The Bertz CT molecular complexity index is 818. The summed E-state index contributed by atoms with van der Waals surface area (Å²) in [7, 11) is -3.03. The van der Waals surface area contributed by atoms with E-state index < -0.39 is 49.7 Å². The van der Waals surface area contributed by atoms with Gasteiger partial charge in [-0.2, -0.15) is 18.4 Å². The first-order chi connectivity index (χ1) is 12.1. The van der Waals surface area contributed by atoms with Gasteiger partial charge in [0.25, 0.3) is 0 Å². The van der Waals surface area contributed by atoms with Crippen molar-refractivity contribution in [3.63, 3.8) is 0 Å². The Morgan fingerprint density at radius 2 is 2.00 bits per heavy atom. The first-order valence-corrected chi connectivity index (χ1v) is 9.25. The van der Waals surface area contributed by atoms with Crippen LogP contribution in [0, 0.1) is 17.2 Å². The van der Waals surface area contributed by atoms with Crippen LogP contribution in [0.2, 0.25) is 0 Å². The van der Waals surface area contributed by atoms with E-state index in [1.54, 1.807) is 6.07 Å². The first kappa shape index (κ1) is 20.2. The van der Waals surface area contributed by atoms with Crippen molar-refractivity contribution in [2.45, 2.75) is 35.3 Å². The van der Waals surface area contributed by atoms with E-state index in [2.05, 4.69) is 5.32 Å². The molecule has 0 saturated heterocycles. The fraction of sp³-hybridized carbons (Fsp3) is 0.500. The Labute approximate surface area is 148 Å². The van der Waals surface area contributed by atoms with Gasteiger partial charge in [0, 0.05) is 7.11 Å². The number of nitriles is 1. The molecule has 3 atom stereocenters. The SMILES string of the molecule is COC1CC(S(=O)(=O)c2ccccc2C(F)(F)F)CC1C(=O)NCC#N. The zero-order valence-electron chi connectivity index (χ0n) is 13.8. The van der Waals surface area contributed by atoms with Crippen LogP contribution in [-0.2, 0) is 25.5 Å². The minimum atomic E-state index is -4.81. The predicted octanol–water partition coefficient (Wildman–Crippen LogP) is 1.91. The first-order valence-electron chi connectivity index (χ1n) is 7.70. The van der Waals surface area contributed by atoms with Crippen LogP contribution in [0.25, 0.3) is 0 Å². The molecule has 0 aromatic heterocycles. The molecule has 0 bridgehead atoms. The Balaban J connectivity index is 2.34. The molecule has 26 heavy (non-hydrogen) atoms. The predicted molar refractivity (Wildman–Crippen MR) is 84.6 cm³/mol. The zero-order valence-corrected chi connectivity index (χ0v) is 14.6. The van der Waals surface area contributed by atoms with Crippen molar-refractivity contribution in [1.82, 2.24) is 5.32 Å². The van der Waals surface area contributed by atoms with Gasteiger partial charge in [0.2, 0.25) is 5.91 Å². The highest BCUT2D eigenvalue weighted by Crippen LogP contribution is 2.40. The topological polar surface area (TPSA) is 96.3 Å². The maximum atomic E-state index is 13.2. The Morgan fingerprint density at radius 3 is 2.58 bits per heavy atom. The van der Waals surface area contributed by atoms with Crippen LogP contribution in [0.1, 0.15) is 18.4 Å². The van der Waals surface area contributed by atoms with Crippen molar-refractivity contribution >= 4 is 15.7 Å². The zero-order chi connectivity index (χ0) is 19.5. The minimum Gasteiger partial charge on any atom is -0.381 e. The summed E-state index contributed by atoms with van der Waals surface area (Å²) in [6, 6.07) is 5.71. The van der Waals surface area contributed by atoms with Gasteiger partial charge in [0.15, 0.2) is 9.84 Å².